The summed E-state index contributed by atoms with van der Waals surface area (Å²) >= 11 is 3.17. The summed E-state index contributed by atoms with van der Waals surface area (Å²) in [5.74, 6) is -0.330. The Morgan fingerprint density at radius 2 is 2.26 bits per heavy atom. The SMILES string of the molecule is CC(CCC(=O)O)CNC(=O)/C=C/c1ccc(Br)o1. The van der Waals surface area contributed by atoms with Gasteiger partial charge in [0, 0.05) is 19.0 Å². The molecule has 0 aliphatic rings. The molecule has 0 radical (unpaired) electrons. The normalized spacial score (nSPS) is 12.5. The molecule has 1 rings (SSSR count). The minimum Gasteiger partial charge on any atom is -0.481 e. The minimum absolute atomic E-state index is 0.118. The molecule has 5 nitrogen and oxygen atoms in total. The number of rotatable bonds is 7. The van der Waals surface area contributed by atoms with Gasteiger partial charge in [-0.05, 0) is 46.5 Å². The summed E-state index contributed by atoms with van der Waals surface area (Å²) in [5.41, 5.74) is 0. The molecular weight excluding hydrogens is 314 g/mol. The van der Waals surface area contributed by atoms with Crippen molar-refractivity contribution >= 4 is 33.9 Å². The first-order chi connectivity index (χ1) is 8.97. The van der Waals surface area contributed by atoms with Crippen LogP contribution >= 0.6 is 15.9 Å². The molecule has 19 heavy (non-hydrogen) atoms. The van der Waals surface area contributed by atoms with Crippen molar-refractivity contribution in [3.8, 4) is 0 Å². The zero-order valence-electron chi connectivity index (χ0n) is 10.6. The van der Waals surface area contributed by atoms with E-state index >= 15 is 0 Å². The molecule has 1 unspecified atom stereocenters. The molecule has 0 bridgehead atoms. The highest BCUT2D eigenvalue weighted by Crippen LogP contribution is 2.14. The molecule has 1 aromatic heterocycles. The van der Waals surface area contributed by atoms with E-state index in [0.29, 0.717) is 23.4 Å². The van der Waals surface area contributed by atoms with Gasteiger partial charge in [0.1, 0.15) is 5.76 Å². The molecule has 1 aromatic rings. The highest BCUT2D eigenvalue weighted by molar-refractivity contribution is 9.10. The Kier molecular flexibility index (Phi) is 6.35. The van der Waals surface area contributed by atoms with Crippen LogP contribution in [-0.2, 0) is 9.59 Å². The number of halogens is 1. The fourth-order valence-electron chi connectivity index (χ4n) is 1.38. The van der Waals surface area contributed by atoms with E-state index in [9.17, 15) is 9.59 Å². The van der Waals surface area contributed by atoms with Crippen molar-refractivity contribution in [2.24, 2.45) is 5.92 Å². The number of carboxylic acids is 1. The number of hydrogen-bond donors (Lipinski definition) is 2. The third-order valence-electron chi connectivity index (χ3n) is 2.47. The molecule has 6 heteroatoms. The molecule has 0 aliphatic carbocycles. The van der Waals surface area contributed by atoms with Crippen molar-refractivity contribution in [2.75, 3.05) is 6.54 Å². The monoisotopic (exact) mass is 329 g/mol. The Morgan fingerprint density at radius 3 is 2.84 bits per heavy atom. The third-order valence-corrected chi connectivity index (χ3v) is 2.89. The van der Waals surface area contributed by atoms with Crippen LogP contribution < -0.4 is 5.32 Å². The maximum absolute atomic E-state index is 11.5. The second kappa shape index (κ2) is 7.78. The number of furan rings is 1. The van der Waals surface area contributed by atoms with Gasteiger partial charge in [-0.15, -0.1) is 0 Å². The van der Waals surface area contributed by atoms with Crippen molar-refractivity contribution in [1.82, 2.24) is 5.32 Å². The summed E-state index contributed by atoms with van der Waals surface area (Å²) in [6, 6.07) is 3.48. The number of carbonyl (C=O) groups excluding carboxylic acids is 1. The van der Waals surface area contributed by atoms with Crippen LogP contribution in [0, 0.1) is 5.92 Å². The summed E-state index contributed by atoms with van der Waals surface area (Å²) < 4.78 is 5.82. The predicted molar refractivity (Wildman–Crippen MR) is 74.5 cm³/mol. The van der Waals surface area contributed by atoms with Gasteiger partial charge >= 0.3 is 5.97 Å². The Labute approximate surface area is 119 Å². The van der Waals surface area contributed by atoms with Gasteiger partial charge < -0.3 is 14.8 Å². The fourth-order valence-corrected chi connectivity index (χ4v) is 1.70. The fraction of sp³-hybridized carbons (Fsp3) is 0.385. The molecular formula is C13H16BrNO4. The molecule has 0 fully saturated rings. The number of aliphatic carboxylic acids is 1. The number of nitrogens with one attached hydrogen (secondary N) is 1. The van der Waals surface area contributed by atoms with Gasteiger partial charge in [0.2, 0.25) is 5.91 Å². The average Bonchev–Trinajstić information content (AvgIpc) is 2.77. The van der Waals surface area contributed by atoms with Crippen LogP contribution in [0.15, 0.2) is 27.3 Å². The second-order valence-electron chi connectivity index (χ2n) is 4.26. The summed E-state index contributed by atoms with van der Waals surface area (Å²) in [7, 11) is 0. The summed E-state index contributed by atoms with van der Waals surface area (Å²) in [4.78, 5) is 21.9. The maximum Gasteiger partial charge on any atom is 0.303 e. The zero-order valence-corrected chi connectivity index (χ0v) is 12.1. The van der Waals surface area contributed by atoms with Gasteiger partial charge in [-0.2, -0.15) is 0 Å². The highest BCUT2D eigenvalue weighted by atomic mass is 79.9. The summed E-state index contributed by atoms with van der Waals surface area (Å²) in [5, 5.41) is 11.3. The smallest absolute Gasteiger partial charge is 0.303 e. The van der Waals surface area contributed by atoms with E-state index < -0.39 is 5.97 Å². The number of amides is 1. The third kappa shape index (κ3) is 6.81. The van der Waals surface area contributed by atoms with Crippen LogP contribution in [0.2, 0.25) is 0 Å². The molecule has 1 amide bonds. The van der Waals surface area contributed by atoms with E-state index in [2.05, 4.69) is 21.2 Å². The molecule has 0 aliphatic heterocycles. The number of hydrogen-bond acceptors (Lipinski definition) is 3. The van der Waals surface area contributed by atoms with Crippen molar-refractivity contribution < 1.29 is 19.1 Å². The molecule has 104 valence electrons. The van der Waals surface area contributed by atoms with Gasteiger partial charge in [0.15, 0.2) is 4.67 Å². The van der Waals surface area contributed by atoms with Crippen LogP contribution in [0.4, 0.5) is 0 Å². The highest BCUT2D eigenvalue weighted by Gasteiger charge is 2.06. The van der Waals surface area contributed by atoms with E-state index in [4.69, 9.17) is 9.52 Å². The lowest BCUT2D eigenvalue weighted by Gasteiger charge is -2.09. The van der Waals surface area contributed by atoms with Gasteiger partial charge in [-0.3, -0.25) is 9.59 Å². The van der Waals surface area contributed by atoms with E-state index in [1.165, 1.54) is 6.08 Å². The Hall–Kier alpha value is -1.56. The van der Waals surface area contributed by atoms with Gasteiger partial charge in [0.05, 0.1) is 0 Å². The van der Waals surface area contributed by atoms with E-state index in [-0.39, 0.29) is 18.2 Å². The van der Waals surface area contributed by atoms with E-state index in [1.54, 1.807) is 18.2 Å². The molecule has 1 atom stereocenters. The van der Waals surface area contributed by atoms with E-state index in [1.807, 2.05) is 6.92 Å². The van der Waals surface area contributed by atoms with Crippen molar-refractivity contribution in [3.63, 3.8) is 0 Å². The van der Waals surface area contributed by atoms with Crippen LogP contribution in [-0.4, -0.2) is 23.5 Å². The van der Waals surface area contributed by atoms with Gasteiger partial charge in [-0.1, -0.05) is 6.92 Å². The standard InChI is InChI=1S/C13H16BrNO4/c1-9(2-7-13(17)18)8-15-12(16)6-4-10-3-5-11(14)19-10/h3-6,9H,2,7-8H2,1H3,(H,15,16)(H,17,18)/b6-4+. The van der Waals surface area contributed by atoms with Crippen molar-refractivity contribution in [1.29, 1.82) is 0 Å². The molecule has 2 N–H and O–H groups in total. The lowest BCUT2D eigenvalue weighted by atomic mass is 10.1. The molecule has 0 saturated heterocycles. The molecule has 0 spiro atoms. The minimum atomic E-state index is -0.818. The summed E-state index contributed by atoms with van der Waals surface area (Å²) in [6.45, 7) is 2.36. The van der Waals surface area contributed by atoms with E-state index in [0.717, 1.165) is 0 Å². The first-order valence-corrected chi connectivity index (χ1v) is 6.69. The Bertz CT molecular complexity index is 467. The topological polar surface area (TPSA) is 79.5 Å². The van der Waals surface area contributed by atoms with Crippen LogP contribution in [0.3, 0.4) is 0 Å². The maximum atomic E-state index is 11.5. The summed E-state index contributed by atoms with van der Waals surface area (Å²) in [6.07, 6.45) is 3.62. The van der Waals surface area contributed by atoms with Crippen molar-refractivity contribution in [3.05, 3.63) is 28.6 Å². The first kappa shape index (κ1) is 15.5. The Morgan fingerprint density at radius 1 is 1.53 bits per heavy atom. The predicted octanol–water partition coefficient (Wildman–Crippen LogP) is 2.67. The Balaban J connectivity index is 2.27. The van der Waals surface area contributed by atoms with Crippen molar-refractivity contribution in [2.45, 2.75) is 19.8 Å². The quantitative estimate of drug-likeness (QED) is 0.754. The largest absolute Gasteiger partial charge is 0.481 e. The van der Waals surface area contributed by atoms with Crippen LogP contribution in [0.1, 0.15) is 25.5 Å². The zero-order chi connectivity index (χ0) is 14.3. The lowest BCUT2D eigenvalue weighted by Crippen LogP contribution is -2.26. The molecule has 0 saturated carbocycles. The first-order valence-electron chi connectivity index (χ1n) is 5.90. The van der Waals surface area contributed by atoms with Crippen LogP contribution in [0.5, 0.6) is 0 Å². The molecule has 1 heterocycles. The van der Waals surface area contributed by atoms with Gasteiger partial charge in [-0.25, -0.2) is 0 Å². The number of carboxylic acid groups (broad SMARTS) is 1. The van der Waals surface area contributed by atoms with Gasteiger partial charge in [0.25, 0.3) is 0 Å². The average molecular weight is 330 g/mol. The number of carbonyl (C=O) groups is 2. The second-order valence-corrected chi connectivity index (χ2v) is 5.04. The molecule has 0 aromatic carbocycles. The van der Waals surface area contributed by atoms with Crippen LogP contribution in [0.25, 0.3) is 6.08 Å². The lowest BCUT2D eigenvalue weighted by molar-refractivity contribution is -0.137.